The lowest BCUT2D eigenvalue weighted by molar-refractivity contribution is -0.133. The van der Waals surface area contributed by atoms with Crippen molar-refractivity contribution in [3.05, 3.63) is 60.8 Å². The number of benzene rings is 2. The largest absolute Gasteiger partial charge is 0.341 e. The Hall–Kier alpha value is -2.60. The molecule has 1 fully saturated rings. The normalized spacial score (nSPS) is 15.8. The molecule has 3 aromatic rings. The second-order valence-electron chi connectivity index (χ2n) is 7.52. The molecule has 2 aromatic carbocycles. The molecule has 2 heterocycles. The topological polar surface area (TPSA) is 59.4 Å². The van der Waals surface area contributed by atoms with E-state index in [2.05, 4.69) is 6.92 Å². The number of hydrogen-bond acceptors (Lipinski definition) is 3. The fourth-order valence-electron chi connectivity index (χ4n) is 3.79. The van der Waals surface area contributed by atoms with Crippen molar-refractivity contribution in [3.8, 4) is 0 Å². The van der Waals surface area contributed by atoms with Crippen LogP contribution in [-0.4, -0.2) is 36.9 Å². The molecule has 1 saturated heterocycles. The van der Waals surface area contributed by atoms with E-state index in [0.717, 1.165) is 31.4 Å². The van der Waals surface area contributed by atoms with E-state index >= 15 is 0 Å². The number of carbonyl (C=O) groups excluding carboxylic acids is 1. The second-order valence-corrected chi connectivity index (χ2v) is 9.44. The highest BCUT2D eigenvalue weighted by Gasteiger charge is 2.25. The number of rotatable bonds is 4. The summed E-state index contributed by atoms with van der Waals surface area (Å²) < 4.78 is 28.1. The first-order chi connectivity index (χ1) is 13.5. The minimum Gasteiger partial charge on any atom is -0.341 e. The van der Waals surface area contributed by atoms with Crippen molar-refractivity contribution in [2.24, 2.45) is 5.92 Å². The Morgan fingerprint density at radius 2 is 1.64 bits per heavy atom. The molecule has 0 saturated carbocycles. The summed E-state index contributed by atoms with van der Waals surface area (Å²) in [5.41, 5.74) is 0.760. The summed E-state index contributed by atoms with van der Waals surface area (Å²) in [7, 11) is -3.66. The number of aromatic nitrogens is 1. The molecule has 0 radical (unpaired) electrons. The summed E-state index contributed by atoms with van der Waals surface area (Å²) in [5, 5.41) is 0.645. The smallest absolute Gasteiger partial charge is 0.242 e. The third kappa shape index (κ3) is 3.44. The molecule has 1 aliphatic heterocycles. The van der Waals surface area contributed by atoms with Crippen LogP contribution in [0.15, 0.2) is 70.6 Å². The Morgan fingerprint density at radius 3 is 2.36 bits per heavy atom. The average molecular weight is 397 g/mol. The van der Waals surface area contributed by atoms with Crippen molar-refractivity contribution in [1.29, 1.82) is 0 Å². The molecule has 28 heavy (non-hydrogen) atoms. The summed E-state index contributed by atoms with van der Waals surface area (Å²) in [6.45, 7) is 3.91. The van der Waals surface area contributed by atoms with Crippen LogP contribution in [0.3, 0.4) is 0 Å². The van der Waals surface area contributed by atoms with E-state index in [0.29, 0.717) is 11.3 Å². The zero-order chi connectivity index (χ0) is 19.7. The van der Waals surface area contributed by atoms with Gasteiger partial charge in [-0.1, -0.05) is 43.3 Å². The van der Waals surface area contributed by atoms with Crippen LogP contribution in [0.25, 0.3) is 10.9 Å². The van der Waals surface area contributed by atoms with Gasteiger partial charge in [0.2, 0.25) is 15.7 Å². The standard InChI is InChI=1S/C22H24N2O3S/c1-17-11-13-23(14-12-17)22(25)16-24-15-21(19-9-5-6-10-20(19)24)28(26,27)18-7-3-2-4-8-18/h2-10,15,17H,11-14,16H2,1H3. The molecular weight excluding hydrogens is 372 g/mol. The molecule has 4 rings (SSSR count). The molecule has 0 N–H and O–H groups in total. The van der Waals surface area contributed by atoms with Gasteiger partial charge in [0.25, 0.3) is 0 Å². The third-order valence-corrected chi connectivity index (χ3v) is 7.33. The monoisotopic (exact) mass is 396 g/mol. The van der Waals surface area contributed by atoms with E-state index in [1.54, 1.807) is 47.2 Å². The van der Waals surface area contributed by atoms with Crippen molar-refractivity contribution >= 4 is 26.6 Å². The molecule has 1 aromatic heterocycles. The summed E-state index contributed by atoms with van der Waals surface area (Å²) >= 11 is 0. The molecule has 0 atom stereocenters. The van der Waals surface area contributed by atoms with E-state index in [-0.39, 0.29) is 22.2 Å². The van der Waals surface area contributed by atoms with Crippen molar-refractivity contribution in [3.63, 3.8) is 0 Å². The molecule has 6 heteroatoms. The van der Waals surface area contributed by atoms with Crippen LogP contribution in [0.2, 0.25) is 0 Å². The van der Waals surface area contributed by atoms with Gasteiger partial charge in [-0.05, 0) is 37.0 Å². The van der Waals surface area contributed by atoms with Crippen LogP contribution in [0.4, 0.5) is 0 Å². The van der Waals surface area contributed by atoms with Crippen LogP contribution in [0.5, 0.6) is 0 Å². The quantitative estimate of drug-likeness (QED) is 0.675. The molecular formula is C22H24N2O3S. The van der Waals surface area contributed by atoms with Gasteiger partial charge in [-0.15, -0.1) is 0 Å². The van der Waals surface area contributed by atoms with Gasteiger partial charge in [0.1, 0.15) is 6.54 Å². The van der Waals surface area contributed by atoms with Crippen LogP contribution >= 0.6 is 0 Å². The highest BCUT2D eigenvalue weighted by Crippen LogP contribution is 2.30. The molecule has 1 aliphatic rings. The summed E-state index contributed by atoms with van der Waals surface area (Å²) in [6.07, 6.45) is 3.65. The number of fused-ring (bicyclic) bond motifs is 1. The van der Waals surface area contributed by atoms with Gasteiger partial charge in [0, 0.05) is 30.2 Å². The molecule has 0 bridgehead atoms. The predicted molar refractivity (Wildman–Crippen MR) is 109 cm³/mol. The van der Waals surface area contributed by atoms with E-state index < -0.39 is 9.84 Å². The number of piperidine rings is 1. The summed E-state index contributed by atoms with van der Waals surface area (Å²) in [4.78, 5) is 15.2. The highest BCUT2D eigenvalue weighted by molar-refractivity contribution is 7.91. The van der Waals surface area contributed by atoms with E-state index in [9.17, 15) is 13.2 Å². The molecule has 0 aliphatic carbocycles. The van der Waals surface area contributed by atoms with Gasteiger partial charge < -0.3 is 9.47 Å². The first-order valence-corrected chi connectivity index (χ1v) is 11.1. The van der Waals surface area contributed by atoms with E-state index in [1.807, 2.05) is 23.1 Å². The number of amides is 1. The molecule has 1 amide bonds. The lowest BCUT2D eigenvalue weighted by atomic mass is 9.99. The maximum Gasteiger partial charge on any atom is 0.242 e. The fourth-order valence-corrected chi connectivity index (χ4v) is 5.29. The number of nitrogens with zero attached hydrogens (tertiary/aromatic N) is 2. The first kappa shape index (κ1) is 18.7. The minimum absolute atomic E-state index is 0.0383. The molecule has 146 valence electrons. The Bertz CT molecular complexity index is 1100. The number of hydrogen-bond donors (Lipinski definition) is 0. The van der Waals surface area contributed by atoms with Crippen molar-refractivity contribution in [2.45, 2.75) is 36.1 Å². The van der Waals surface area contributed by atoms with Gasteiger partial charge >= 0.3 is 0 Å². The Balaban J connectivity index is 1.70. The summed E-state index contributed by atoms with van der Waals surface area (Å²) in [5.74, 6) is 0.690. The van der Waals surface area contributed by atoms with Crippen molar-refractivity contribution in [2.75, 3.05) is 13.1 Å². The number of likely N-dealkylation sites (tertiary alicyclic amines) is 1. The van der Waals surface area contributed by atoms with Gasteiger partial charge in [0.05, 0.1) is 9.79 Å². The van der Waals surface area contributed by atoms with Crippen LogP contribution in [0.1, 0.15) is 19.8 Å². The Morgan fingerprint density at radius 1 is 1.00 bits per heavy atom. The Labute approximate surface area is 165 Å². The van der Waals surface area contributed by atoms with Gasteiger partial charge in [-0.3, -0.25) is 4.79 Å². The lowest BCUT2D eigenvalue weighted by Crippen LogP contribution is -2.39. The molecule has 5 nitrogen and oxygen atoms in total. The number of sulfone groups is 1. The molecule has 0 unspecified atom stereocenters. The third-order valence-electron chi connectivity index (χ3n) is 5.54. The van der Waals surface area contributed by atoms with E-state index in [1.165, 1.54) is 0 Å². The summed E-state index contributed by atoms with van der Waals surface area (Å²) in [6, 6.07) is 15.8. The zero-order valence-electron chi connectivity index (χ0n) is 15.9. The van der Waals surface area contributed by atoms with Crippen molar-refractivity contribution < 1.29 is 13.2 Å². The maximum absolute atomic E-state index is 13.2. The Kier molecular flexibility index (Phi) is 4.98. The van der Waals surface area contributed by atoms with Crippen LogP contribution in [0, 0.1) is 5.92 Å². The SMILES string of the molecule is CC1CCN(C(=O)Cn2cc(S(=O)(=O)c3ccccc3)c3ccccc32)CC1. The van der Waals surface area contributed by atoms with Crippen molar-refractivity contribution in [1.82, 2.24) is 9.47 Å². The van der Waals surface area contributed by atoms with Gasteiger partial charge in [-0.2, -0.15) is 0 Å². The van der Waals surface area contributed by atoms with Crippen LogP contribution in [-0.2, 0) is 21.2 Å². The fraction of sp³-hybridized carbons (Fsp3) is 0.318. The van der Waals surface area contributed by atoms with Crippen LogP contribution < -0.4 is 0 Å². The number of carbonyl (C=O) groups is 1. The number of para-hydroxylation sites is 1. The van der Waals surface area contributed by atoms with Gasteiger partial charge in [0.15, 0.2) is 0 Å². The predicted octanol–water partition coefficient (Wildman–Crippen LogP) is 3.73. The first-order valence-electron chi connectivity index (χ1n) is 9.62. The minimum atomic E-state index is -3.66. The maximum atomic E-state index is 13.2. The lowest BCUT2D eigenvalue weighted by Gasteiger charge is -2.30. The van der Waals surface area contributed by atoms with Gasteiger partial charge in [-0.25, -0.2) is 8.42 Å². The highest BCUT2D eigenvalue weighted by atomic mass is 32.2. The second kappa shape index (κ2) is 7.43. The average Bonchev–Trinajstić information content (AvgIpc) is 3.08. The van der Waals surface area contributed by atoms with E-state index in [4.69, 9.17) is 0 Å². The zero-order valence-corrected chi connectivity index (χ0v) is 16.7. The molecule has 0 spiro atoms.